The quantitative estimate of drug-likeness (QED) is 0.631. The van der Waals surface area contributed by atoms with Gasteiger partial charge in [-0.15, -0.1) is 0 Å². The van der Waals surface area contributed by atoms with Crippen molar-refractivity contribution in [1.29, 1.82) is 5.26 Å². The van der Waals surface area contributed by atoms with Gasteiger partial charge in [0.15, 0.2) is 5.78 Å². The third-order valence-electron chi connectivity index (χ3n) is 6.26. The summed E-state index contributed by atoms with van der Waals surface area (Å²) < 4.78 is 45.6. The van der Waals surface area contributed by atoms with Gasteiger partial charge in [0.1, 0.15) is 11.6 Å². The molecule has 0 amide bonds. The van der Waals surface area contributed by atoms with Crippen LogP contribution in [0.4, 0.5) is 18.9 Å². The fourth-order valence-electron chi connectivity index (χ4n) is 4.75. The zero-order valence-electron chi connectivity index (χ0n) is 19.0. The van der Waals surface area contributed by atoms with Gasteiger partial charge in [0.2, 0.25) is 0 Å². The summed E-state index contributed by atoms with van der Waals surface area (Å²) in [6.45, 7) is 3.86. The summed E-state index contributed by atoms with van der Waals surface area (Å²) in [4.78, 5) is 14.9. The highest BCUT2D eigenvalue weighted by Crippen LogP contribution is 2.50. The maximum atomic E-state index is 13.5. The van der Waals surface area contributed by atoms with Gasteiger partial charge in [0.25, 0.3) is 0 Å². The van der Waals surface area contributed by atoms with Crippen molar-refractivity contribution in [3.05, 3.63) is 82.3 Å². The molecule has 0 bridgehead atoms. The summed E-state index contributed by atoms with van der Waals surface area (Å²) >= 11 is 0. The summed E-state index contributed by atoms with van der Waals surface area (Å²) in [6, 6.07) is 13.9. The average molecular weight is 467 g/mol. The third-order valence-corrected chi connectivity index (χ3v) is 6.26. The first-order valence-corrected chi connectivity index (χ1v) is 10.7. The lowest BCUT2D eigenvalue weighted by atomic mass is 9.68. The van der Waals surface area contributed by atoms with Gasteiger partial charge in [-0.2, -0.15) is 18.4 Å². The smallest absolute Gasteiger partial charge is 0.416 e. The molecule has 1 aliphatic carbocycles. The third kappa shape index (κ3) is 4.03. The summed E-state index contributed by atoms with van der Waals surface area (Å²) in [5, 5.41) is 10.1. The normalized spacial score (nSPS) is 20.2. The Labute approximate surface area is 195 Å². The number of benzene rings is 2. The summed E-state index contributed by atoms with van der Waals surface area (Å²) in [7, 11) is 1.54. The van der Waals surface area contributed by atoms with Crippen molar-refractivity contribution >= 4 is 11.5 Å². The van der Waals surface area contributed by atoms with E-state index in [0.29, 0.717) is 29.0 Å². The molecule has 1 aliphatic heterocycles. The molecule has 1 heterocycles. The lowest BCUT2D eigenvalue weighted by Crippen LogP contribution is -2.42. The van der Waals surface area contributed by atoms with Gasteiger partial charge in [0, 0.05) is 23.4 Å². The van der Waals surface area contributed by atoms with Gasteiger partial charge in [-0.1, -0.05) is 32.0 Å². The number of carbonyl (C=O) groups excluding carboxylic acids is 1. The first-order chi connectivity index (χ1) is 16.0. The van der Waals surface area contributed by atoms with E-state index in [1.807, 2.05) is 13.8 Å². The second-order valence-electron chi connectivity index (χ2n) is 9.30. The number of anilines is 1. The number of nitrogens with two attached hydrogens (primary N) is 1. The number of alkyl halides is 3. The number of ketones is 1. The molecule has 0 aromatic heterocycles. The van der Waals surface area contributed by atoms with E-state index in [1.165, 1.54) is 24.1 Å². The number of nitriles is 1. The van der Waals surface area contributed by atoms with Crippen LogP contribution in [-0.4, -0.2) is 12.9 Å². The van der Waals surface area contributed by atoms with E-state index < -0.39 is 23.1 Å². The average Bonchev–Trinajstić information content (AvgIpc) is 2.77. The molecule has 8 heteroatoms. The predicted molar refractivity (Wildman–Crippen MR) is 122 cm³/mol. The summed E-state index contributed by atoms with van der Waals surface area (Å²) in [6.07, 6.45) is -3.88. The molecular weight excluding hydrogens is 443 g/mol. The fourth-order valence-corrected chi connectivity index (χ4v) is 4.75. The molecular formula is C26H24F3N3O2. The van der Waals surface area contributed by atoms with Gasteiger partial charge >= 0.3 is 6.18 Å². The maximum absolute atomic E-state index is 13.5. The molecule has 2 aromatic rings. The SMILES string of the molecule is COc1ccc([C@@H]2C(C#N)=C(N)N(c3cccc(C(F)(F)F)c3)C3=C2C(=O)CC(C)(C)C3)cc1. The Morgan fingerprint density at radius 1 is 1.15 bits per heavy atom. The molecule has 0 fully saturated rings. The minimum absolute atomic E-state index is 0.0203. The standard InChI is InChI=1S/C26H24F3N3O2/c1-25(2)12-20-23(21(33)13-25)22(15-7-9-18(34-3)10-8-15)19(14-30)24(31)32(20)17-6-4-5-16(11-17)26(27,28)29/h4-11,22H,12-13,31H2,1-3H3/t22-/m1/s1. The van der Waals surface area contributed by atoms with Crippen molar-refractivity contribution in [2.24, 2.45) is 11.1 Å². The Bertz CT molecular complexity index is 1250. The molecule has 0 saturated heterocycles. The van der Waals surface area contributed by atoms with Gasteiger partial charge in [-0.25, -0.2) is 0 Å². The molecule has 0 saturated carbocycles. The molecule has 0 radical (unpaired) electrons. The van der Waals surface area contributed by atoms with Crippen LogP contribution in [0.15, 0.2) is 71.2 Å². The van der Waals surface area contributed by atoms with Crippen molar-refractivity contribution in [2.75, 3.05) is 12.0 Å². The fraction of sp³-hybridized carbons (Fsp3) is 0.308. The number of allylic oxidation sites excluding steroid dienone is 3. The van der Waals surface area contributed by atoms with Gasteiger partial charge < -0.3 is 10.5 Å². The first-order valence-electron chi connectivity index (χ1n) is 10.7. The lowest BCUT2D eigenvalue weighted by molar-refractivity contribution is -0.137. The van der Waals surface area contributed by atoms with E-state index in [4.69, 9.17) is 10.5 Å². The van der Waals surface area contributed by atoms with Crippen molar-refractivity contribution < 1.29 is 22.7 Å². The van der Waals surface area contributed by atoms with E-state index in [0.717, 1.165) is 12.1 Å². The second-order valence-corrected chi connectivity index (χ2v) is 9.30. The number of carbonyl (C=O) groups is 1. The van der Waals surface area contributed by atoms with Crippen LogP contribution in [0.3, 0.4) is 0 Å². The number of Topliss-reactive ketones (excluding diaryl/α,β-unsaturated/α-hetero) is 1. The highest BCUT2D eigenvalue weighted by molar-refractivity contribution is 6.01. The van der Waals surface area contributed by atoms with Gasteiger partial charge in [-0.05, 0) is 47.7 Å². The van der Waals surface area contributed by atoms with E-state index in [2.05, 4.69) is 6.07 Å². The first kappa shape index (κ1) is 23.4. The van der Waals surface area contributed by atoms with Crippen LogP contribution >= 0.6 is 0 Å². The molecule has 0 spiro atoms. The van der Waals surface area contributed by atoms with Crippen molar-refractivity contribution in [2.45, 2.75) is 38.8 Å². The number of ether oxygens (including phenoxy) is 1. The molecule has 2 aliphatic rings. The molecule has 34 heavy (non-hydrogen) atoms. The molecule has 4 rings (SSSR count). The zero-order chi connectivity index (χ0) is 24.8. The topological polar surface area (TPSA) is 79.3 Å². The number of rotatable bonds is 3. The number of halogens is 3. The van der Waals surface area contributed by atoms with Crippen LogP contribution in [0, 0.1) is 16.7 Å². The molecule has 2 aromatic carbocycles. The predicted octanol–water partition coefficient (Wildman–Crippen LogP) is 5.65. The van der Waals surface area contributed by atoms with Crippen LogP contribution in [0.5, 0.6) is 5.75 Å². The van der Waals surface area contributed by atoms with E-state index in [-0.39, 0.29) is 29.3 Å². The lowest BCUT2D eigenvalue weighted by Gasteiger charge is -2.43. The van der Waals surface area contributed by atoms with Crippen molar-refractivity contribution in [1.82, 2.24) is 0 Å². The zero-order valence-corrected chi connectivity index (χ0v) is 19.0. The van der Waals surface area contributed by atoms with E-state index >= 15 is 0 Å². The van der Waals surface area contributed by atoms with Crippen LogP contribution in [-0.2, 0) is 11.0 Å². The molecule has 2 N–H and O–H groups in total. The Morgan fingerprint density at radius 3 is 2.41 bits per heavy atom. The van der Waals surface area contributed by atoms with E-state index in [9.17, 15) is 23.2 Å². The van der Waals surface area contributed by atoms with Crippen molar-refractivity contribution in [3.8, 4) is 11.8 Å². The Hall–Kier alpha value is -3.73. The Morgan fingerprint density at radius 2 is 1.82 bits per heavy atom. The number of hydrogen-bond donors (Lipinski definition) is 1. The second kappa shape index (κ2) is 8.24. The maximum Gasteiger partial charge on any atom is 0.416 e. The van der Waals surface area contributed by atoms with Crippen LogP contribution in [0.1, 0.15) is 43.7 Å². The minimum atomic E-state index is -4.55. The Kier molecular flexibility index (Phi) is 5.68. The largest absolute Gasteiger partial charge is 0.497 e. The Balaban J connectivity index is 1.97. The van der Waals surface area contributed by atoms with Crippen molar-refractivity contribution in [3.63, 3.8) is 0 Å². The minimum Gasteiger partial charge on any atom is -0.497 e. The number of nitrogens with zero attached hydrogens (tertiary/aromatic N) is 2. The highest BCUT2D eigenvalue weighted by Gasteiger charge is 2.45. The molecule has 1 atom stereocenters. The molecule has 176 valence electrons. The monoisotopic (exact) mass is 467 g/mol. The number of hydrogen-bond acceptors (Lipinski definition) is 5. The molecule has 0 unspecified atom stereocenters. The van der Waals surface area contributed by atoms with Gasteiger partial charge in [-0.3, -0.25) is 9.69 Å². The summed E-state index contributed by atoms with van der Waals surface area (Å²) in [5.41, 5.74) is 7.10. The van der Waals surface area contributed by atoms with Crippen LogP contribution in [0.2, 0.25) is 0 Å². The highest BCUT2D eigenvalue weighted by atomic mass is 19.4. The van der Waals surface area contributed by atoms with Gasteiger partial charge in [0.05, 0.1) is 30.2 Å². The number of methoxy groups -OCH3 is 1. The van der Waals surface area contributed by atoms with Crippen LogP contribution < -0.4 is 15.4 Å². The summed E-state index contributed by atoms with van der Waals surface area (Å²) in [5.74, 6) is -0.223. The van der Waals surface area contributed by atoms with Crippen LogP contribution in [0.25, 0.3) is 0 Å². The molecule has 5 nitrogen and oxygen atoms in total. The van der Waals surface area contributed by atoms with E-state index in [1.54, 1.807) is 24.3 Å².